The van der Waals surface area contributed by atoms with Gasteiger partial charge in [0.1, 0.15) is 0 Å². The monoisotopic (exact) mass is 238 g/mol. The highest BCUT2D eigenvalue weighted by molar-refractivity contribution is 6.30. The van der Waals surface area contributed by atoms with Crippen LogP contribution in [0.4, 0.5) is 5.69 Å². The van der Waals surface area contributed by atoms with Gasteiger partial charge in [-0.05, 0) is 36.7 Å². The molecule has 0 unspecified atom stereocenters. The van der Waals surface area contributed by atoms with Gasteiger partial charge in [0.05, 0.1) is 5.92 Å². The first kappa shape index (κ1) is 11.4. The van der Waals surface area contributed by atoms with Gasteiger partial charge in [0.2, 0.25) is 5.91 Å². The minimum absolute atomic E-state index is 0.0654. The van der Waals surface area contributed by atoms with Gasteiger partial charge in [-0.25, -0.2) is 0 Å². The summed E-state index contributed by atoms with van der Waals surface area (Å²) >= 11 is 5.78. The van der Waals surface area contributed by atoms with Gasteiger partial charge >= 0.3 is 0 Å². The lowest BCUT2D eigenvalue weighted by atomic mass is 9.97. The van der Waals surface area contributed by atoms with Crippen molar-refractivity contribution in [2.75, 3.05) is 18.4 Å². The zero-order chi connectivity index (χ0) is 11.5. The molecule has 2 N–H and O–H groups in total. The van der Waals surface area contributed by atoms with E-state index in [1.54, 1.807) is 12.1 Å². The first-order valence-electron chi connectivity index (χ1n) is 5.44. The van der Waals surface area contributed by atoms with Crippen molar-refractivity contribution in [1.82, 2.24) is 5.32 Å². The van der Waals surface area contributed by atoms with Crippen LogP contribution in [0.25, 0.3) is 0 Å². The fourth-order valence-corrected chi connectivity index (χ4v) is 2.06. The van der Waals surface area contributed by atoms with E-state index in [0.717, 1.165) is 18.8 Å². The predicted octanol–water partition coefficient (Wildman–Crippen LogP) is 2.13. The Morgan fingerprint density at radius 3 is 2.62 bits per heavy atom. The van der Waals surface area contributed by atoms with Crippen LogP contribution in [0.1, 0.15) is 6.92 Å². The summed E-state index contributed by atoms with van der Waals surface area (Å²) in [7, 11) is 0. The molecule has 1 aromatic carbocycles. The molecule has 0 bridgehead atoms. The summed E-state index contributed by atoms with van der Waals surface area (Å²) in [6.45, 7) is 3.77. The molecule has 0 saturated carbocycles. The van der Waals surface area contributed by atoms with Crippen LogP contribution in [0.2, 0.25) is 5.02 Å². The van der Waals surface area contributed by atoms with Gasteiger partial charge < -0.3 is 10.6 Å². The van der Waals surface area contributed by atoms with Crippen LogP contribution in [0.5, 0.6) is 0 Å². The Hall–Kier alpha value is -1.06. The van der Waals surface area contributed by atoms with Crippen LogP contribution < -0.4 is 10.6 Å². The van der Waals surface area contributed by atoms with Gasteiger partial charge in [0.15, 0.2) is 0 Å². The Labute approximate surface area is 100 Å². The number of hydrogen-bond donors (Lipinski definition) is 2. The number of rotatable bonds is 2. The molecule has 2 atom stereocenters. The molecule has 1 fully saturated rings. The van der Waals surface area contributed by atoms with Crippen molar-refractivity contribution in [2.24, 2.45) is 11.8 Å². The zero-order valence-corrected chi connectivity index (χ0v) is 9.92. The van der Waals surface area contributed by atoms with E-state index in [1.807, 2.05) is 12.1 Å². The van der Waals surface area contributed by atoms with Gasteiger partial charge in [-0.15, -0.1) is 0 Å². The third-order valence-electron chi connectivity index (χ3n) is 2.97. The zero-order valence-electron chi connectivity index (χ0n) is 9.16. The molecular formula is C12H15ClN2O. The Bertz CT molecular complexity index is 377. The van der Waals surface area contributed by atoms with E-state index in [2.05, 4.69) is 17.6 Å². The molecule has 1 aromatic rings. The Morgan fingerprint density at radius 2 is 2.06 bits per heavy atom. The molecule has 0 aliphatic carbocycles. The van der Waals surface area contributed by atoms with E-state index in [9.17, 15) is 4.79 Å². The highest BCUT2D eigenvalue weighted by Gasteiger charge is 2.29. The second-order valence-corrected chi connectivity index (χ2v) is 4.67. The van der Waals surface area contributed by atoms with Gasteiger partial charge in [0, 0.05) is 17.3 Å². The van der Waals surface area contributed by atoms with Crippen LogP contribution in [-0.2, 0) is 4.79 Å². The first-order valence-corrected chi connectivity index (χ1v) is 5.82. The van der Waals surface area contributed by atoms with Crippen molar-refractivity contribution in [2.45, 2.75) is 6.92 Å². The number of halogens is 1. The summed E-state index contributed by atoms with van der Waals surface area (Å²) < 4.78 is 0. The number of carbonyl (C=O) groups excluding carboxylic acids is 1. The van der Waals surface area contributed by atoms with E-state index >= 15 is 0 Å². The van der Waals surface area contributed by atoms with Crippen LogP contribution in [0.15, 0.2) is 24.3 Å². The number of hydrogen-bond acceptors (Lipinski definition) is 2. The fourth-order valence-electron chi connectivity index (χ4n) is 1.93. The maximum Gasteiger partial charge on any atom is 0.229 e. The summed E-state index contributed by atoms with van der Waals surface area (Å²) in [4.78, 5) is 11.9. The van der Waals surface area contributed by atoms with E-state index in [0.29, 0.717) is 10.9 Å². The smallest absolute Gasteiger partial charge is 0.229 e. The van der Waals surface area contributed by atoms with Crippen molar-refractivity contribution >= 4 is 23.2 Å². The van der Waals surface area contributed by atoms with E-state index in [-0.39, 0.29) is 11.8 Å². The summed E-state index contributed by atoms with van der Waals surface area (Å²) in [5.74, 6) is 0.544. The number of anilines is 1. The molecule has 86 valence electrons. The number of amides is 1. The minimum Gasteiger partial charge on any atom is -0.326 e. The van der Waals surface area contributed by atoms with E-state index in [4.69, 9.17) is 11.6 Å². The minimum atomic E-state index is 0.0654. The van der Waals surface area contributed by atoms with Crippen molar-refractivity contribution in [3.63, 3.8) is 0 Å². The average molecular weight is 239 g/mol. The van der Waals surface area contributed by atoms with Crippen molar-refractivity contribution in [1.29, 1.82) is 0 Å². The molecule has 3 nitrogen and oxygen atoms in total. The largest absolute Gasteiger partial charge is 0.326 e. The number of benzene rings is 1. The normalized spacial score (nSPS) is 24.4. The second kappa shape index (κ2) is 4.85. The fraction of sp³-hybridized carbons (Fsp3) is 0.417. The van der Waals surface area contributed by atoms with Gasteiger partial charge in [-0.2, -0.15) is 0 Å². The summed E-state index contributed by atoms with van der Waals surface area (Å²) in [5, 5.41) is 6.79. The van der Waals surface area contributed by atoms with Crippen LogP contribution in [0, 0.1) is 11.8 Å². The predicted molar refractivity (Wildman–Crippen MR) is 65.6 cm³/mol. The topological polar surface area (TPSA) is 41.1 Å². The molecular weight excluding hydrogens is 224 g/mol. The molecule has 16 heavy (non-hydrogen) atoms. The third-order valence-corrected chi connectivity index (χ3v) is 3.22. The quantitative estimate of drug-likeness (QED) is 0.829. The summed E-state index contributed by atoms with van der Waals surface area (Å²) in [5.41, 5.74) is 0.800. The lowest BCUT2D eigenvalue weighted by Gasteiger charge is -2.14. The van der Waals surface area contributed by atoms with E-state index < -0.39 is 0 Å². The van der Waals surface area contributed by atoms with Gasteiger partial charge in [-0.3, -0.25) is 4.79 Å². The Morgan fingerprint density at radius 1 is 1.38 bits per heavy atom. The lowest BCUT2D eigenvalue weighted by molar-refractivity contribution is -0.120. The molecule has 1 saturated heterocycles. The Balaban J connectivity index is 1.99. The highest BCUT2D eigenvalue weighted by Crippen LogP contribution is 2.19. The maximum atomic E-state index is 11.9. The van der Waals surface area contributed by atoms with Crippen molar-refractivity contribution < 1.29 is 4.79 Å². The summed E-state index contributed by atoms with van der Waals surface area (Å²) in [6.07, 6.45) is 0. The molecule has 1 aliphatic rings. The van der Waals surface area contributed by atoms with Gasteiger partial charge in [-0.1, -0.05) is 18.5 Å². The molecule has 0 aromatic heterocycles. The van der Waals surface area contributed by atoms with Crippen LogP contribution in [-0.4, -0.2) is 19.0 Å². The molecule has 1 amide bonds. The number of carbonyl (C=O) groups is 1. The molecule has 0 spiro atoms. The van der Waals surface area contributed by atoms with Crippen molar-refractivity contribution in [3.05, 3.63) is 29.3 Å². The lowest BCUT2D eigenvalue weighted by Crippen LogP contribution is -2.27. The third kappa shape index (κ3) is 2.54. The molecule has 1 heterocycles. The van der Waals surface area contributed by atoms with Gasteiger partial charge in [0.25, 0.3) is 0 Å². The molecule has 0 radical (unpaired) electrons. The Kier molecular flexibility index (Phi) is 3.46. The second-order valence-electron chi connectivity index (χ2n) is 4.24. The van der Waals surface area contributed by atoms with E-state index in [1.165, 1.54) is 0 Å². The van der Waals surface area contributed by atoms with Crippen LogP contribution >= 0.6 is 11.6 Å². The highest BCUT2D eigenvalue weighted by atomic mass is 35.5. The molecule has 2 rings (SSSR count). The SMILES string of the molecule is C[C@@H]1CNC[C@H]1C(=O)Nc1ccc(Cl)cc1. The number of nitrogens with one attached hydrogen (secondary N) is 2. The van der Waals surface area contributed by atoms with Crippen molar-refractivity contribution in [3.8, 4) is 0 Å². The molecule has 4 heteroatoms. The molecule has 1 aliphatic heterocycles. The first-order chi connectivity index (χ1) is 7.66. The van der Waals surface area contributed by atoms with Crippen LogP contribution in [0.3, 0.4) is 0 Å². The maximum absolute atomic E-state index is 11.9. The average Bonchev–Trinajstić information content (AvgIpc) is 2.68. The summed E-state index contributed by atoms with van der Waals surface area (Å²) in [6, 6.07) is 7.17. The standard InChI is InChI=1S/C12H15ClN2O/c1-8-6-14-7-11(8)12(16)15-10-4-2-9(13)3-5-10/h2-5,8,11,14H,6-7H2,1H3,(H,15,16)/t8-,11-/m1/s1.